The monoisotopic (exact) mass is 563 g/mol. The molecule has 2 aliphatic rings. The van der Waals surface area contributed by atoms with E-state index in [1.807, 2.05) is 6.92 Å². The molecule has 210 valence electrons. The van der Waals surface area contributed by atoms with Crippen molar-refractivity contribution >= 4 is 27.5 Å². The van der Waals surface area contributed by atoms with Gasteiger partial charge in [0, 0.05) is 44.7 Å². The third kappa shape index (κ3) is 5.70. The lowest BCUT2D eigenvalue weighted by atomic mass is 10.0. The average Bonchev–Trinajstić information content (AvgIpc) is 3.64. The quantitative estimate of drug-likeness (QED) is 0.426. The SMILES string of the molecule is CCCN(C)S(=O)(=O)NC(=O)c1cnc2ccc(N3CC(F)CC3c3cc(F)ccc3OC3CCOC3)cn12. The second-order valence-electron chi connectivity index (χ2n) is 9.80. The van der Waals surface area contributed by atoms with E-state index in [0.717, 1.165) is 4.31 Å². The molecule has 2 aliphatic heterocycles. The summed E-state index contributed by atoms with van der Waals surface area (Å²) < 4.78 is 70.4. The van der Waals surface area contributed by atoms with Crippen molar-refractivity contribution in [3.05, 3.63) is 59.8 Å². The van der Waals surface area contributed by atoms with Crippen LogP contribution >= 0.6 is 0 Å². The Kier molecular flexibility index (Phi) is 7.74. The Morgan fingerprint density at radius 2 is 2.13 bits per heavy atom. The Bertz CT molecular complexity index is 1460. The van der Waals surface area contributed by atoms with Gasteiger partial charge in [-0.15, -0.1) is 0 Å². The molecular formula is C26H31F2N5O5S. The molecule has 3 atom stereocenters. The van der Waals surface area contributed by atoms with Gasteiger partial charge in [0.05, 0.1) is 31.1 Å². The summed E-state index contributed by atoms with van der Waals surface area (Å²) >= 11 is 0. The number of pyridine rings is 1. The molecule has 13 heteroatoms. The molecule has 1 N–H and O–H groups in total. The number of fused-ring (bicyclic) bond motifs is 1. The smallest absolute Gasteiger partial charge is 0.303 e. The lowest BCUT2D eigenvalue weighted by molar-refractivity contribution is 0.0973. The van der Waals surface area contributed by atoms with E-state index >= 15 is 0 Å². The predicted molar refractivity (Wildman–Crippen MR) is 140 cm³/mol. The van der Waals surface area contributed by atoms with E-state index in [1.54, 1.807) is 29.3 Å². The fraction of sp³-hybridized carbons (Fsp3) is 0.462. The van der Waals surface area contributed by atoms with Crippen molar-refractivity contribution in [1.29, 1.82) is 0 Å². The normalized spacial score (nSPS) is 21.7. The number of aromatic nitrogens is 2. The molecule has 2 saturated heterocycles. The molecule has 4 heterocycles. The van der Waals surface area contributed by atoms with E-state index in [4.69, 9.17) is 9.47 Å². The van der Waals surface area contributed by atoms with Gasteiger partial charge in [-0.25, -0.2) is 18.5 Å². The van der Waals surface area contributed by atoms with Gasteiger partial charge in [0.1, 0.15) is 35.2 Å². The number of hydrogen-bond donors (Lipinski definition) is 1. The molecule has 10 nitrogen and oxygen atoms in total. The average molecular weight is 564 g/mol. The van der Waals surface area contributed by atoms with Crippen LogP contribution in [0.2, 0.25) is 0 Å². The Morgan fingerprint density at radius 3 is 2.87 bits per heavy atom. The van der Waals surface area contributed by atoms with Crippen molar-refractivity contribution in [1.82, 2.24) is 18.4 Å². The molecule has 39 heavy (non-hydrogen) atoms. The van der Waals surface area contributed by atoms with Crippen LogP contribution < -0.4 is 14.4 Å². The number of benzene rings is 1. The Hall–Kier alpha value is -3.29. The summed E-state index contributed by atoms with van der Waals surface area (Å²) in [6.45, 7) is 3.14. The maximum atomic E-state index is 14.9. The van der Waals surface area contributed by atoms with Crippen molar-refractivity contribution < 1.29 is 31.5 Å². The molecule has 1 amide bonds. The van der Waals surface area contributed by atoms with Gasteiger partial charge in [-0.3, -0.25) is 9.20 Å². The molecule has 2 aromatic heterocycles. The number of nitrogens with zero attached hydrogens (tertiary/aromatic N) is 4. The zero-order chi connectivity index (χ0) is 27.7. The Morgan fingerprint density at radius 1 is 1.31 bits per heavy atom. The van der Waals surface area contributed by atoms with Crippen LogP contribution in [0.5, 0.6) is 5.75 Å². The van der Waals surface area contributed by atoms with Crippen LogP contribution in [0.4, 0.5) is 14.5 Å². The van der Waals surface area contributed by atoms with Crippen LogP contribution in [-0.4, -0.2) is 73.6 Å². The van der Waals surface area contributed by atoms with Crippen LogP contribution in [0, 0.1) is 5.82 Å². The van der Waals surface area contributed by atoms with E-state index in [0.29, 0.717) is 48.7 Å². The molecule has 2 fully saturated rings. The van der Waals surface area contributed by atoms with Crippen molar-refractivity contribution in [3.63, 3.8) is 0 Å². The summed E-state index contributed by atoms with van der Waals surface area (Å²) in [5.41, 5.74) is 1.50. The minimum atomic E-state index is -4.04. The van der Waals surface area contributed by atoms with Crippen molar-refractivity contribution in [2.24, 2.45) is 0 Å². The number of carbonyl (C=O) groups is 1. The van der Waals surface area contributed by atoms with Gasteiger partial charge in [-0.05, 0) is 36.8 Å². The third-order valence-corrected chi connectivity index (χ3v) is 8.43. The molecule has 0 radical (unpaired) electrons. The molecule has 0 spiro atoms. The number of carbonyl (C=O) groups excluding carboxylic acids is 1. The highest BCUT2D eigenvalue weighted by atomic mass is 32.2. The molecule has 0 saturated carbocycles. The number of alkyl halides is 1. The highest BCUT2D eigenvalue weighted by molar-refractivity contribution is 7.87. The first-order valence-electron chi connectivity index (χ1n) is 12.9. The number of imidazole rings is 1. The standard InChI is InChI=1S/C26H31F2N5O5S/c1-3-9-31(2)39(35,36)30-26(34)23-13-29-25-7-5-19(15-33(23)25)32-14-18(28)12-22(32)21-11-17(27)4-6-24(21)38-20-8-10-37-16-20/h4-7,11,13,15,18,20,22H,3,8-10,12,14,16H2,1-2H3,(H,30,34). The van der Waals surface area contributed by atoms with E-state index in [2.05, 4.69) is 9.71 Å². The summed E-state index contributed by atoms with van der Waals surface area (Å²) in [5, 5.41) is 0. The fourth-order valence-electron chi connectivity index (χ4n) is 5.03. The number of amides is 1. The maximum absolute atomic E-state index is 14.9. The van der Waals surface area contributed by atoms with Crippen molar-refractivity contribution in [2.45, 2.75) is 44.5 Å². The highest BCUT2D eigenvalue weighted by Crippen LogP contribution is 2.42. The van der Waals surface area contributed by atoms with E-state index in [-0.39, 0.29) is 31.3 Å². The summed E-state index contributed by atoms with van der Waals surface area (Å²) in [4.78, 5) is 19.0. The first-order chi connectivity index (χ1) is 18.7. The first-order valence-corrected chi connectivity index (χ1v) is 14.3. The predicted octanol–water partition coefficient (Wildman–Crippen LogP) is 3.25. The topological polar surface area (TPSA) is 105 Å². The number of nitrogens with one attached hydrogen (secondary N) is 1. The van der Waals surface area contributed by atoms with E-state index in [1.165, 1.54) is 29.8 Å². The molecule has 3 aromatic rings. The molecule has 0 bridgehead atoms. The van der Waals surface area contributed by atoms with Gasteiger partial charge in [0.25, 0.3) is 5.91 Å². The lowest BCUT2D eigenvalue weighted by Crippen LogP contribution is -2.42. The van der Waals surface area contributed by atoms with Crippen LogP contribution in [0.1, 0.15) is 48.3 Å². The fourth-order valence-corrected chi connectivity index (χ4v) is 5.94. The zero-order valence-electron chi connectivity index (χ0n) is 21.7. The number of hydrogen-bond acceptors (Lipinski definition) is 7. The summed E-state index contributed by atoms with van der Waals surface area (Å²) in [6.07, 6.45) is 2.97. The van der Waals surface area contributed by atoms with E-state index in [9.17, 15) is 22.0 Å². The van der Waals surface area contributed by atoms with Gasteiger partial charge in [-0.2, -0.15) is 12.7 Å². The molecule has 1 aromatic carbocycles. The van der Waals surface area contributed by atoms with Gasteiger partial charge >= 0.3 is 10.2 Å². The molecule has 0 aliphatic carbocycles. The minimum absolute atomic E-state index is 0.00359. The summed E-state index contributed by atoms with van der Waals surface area (Å²) in [5.74, 6) is -0.828. The lowest BCUT2D eigenvalue weighted by Gasteiger charge is -2.29. The number of ether oxygens (including phenoxy) is 2. The highest BCUT2D eigenvalue weighted by Gasteiger charge is 2.36. The summed E-state index contributed by atoms with van der Waals surface area (Å²) in [6, 6.07) is 7.11. The molecule has 3 unspecified atom stereocenters. The number of anilines is 1. The number of rotatable bonds is 9. The maximum Gasteiger partial charge on any atom is 0.303 e. The van der Waals surface area contributed by atoms with Crippen molar-refractivity contribution in [3.8, 4) is 5.75 Å². The largest absolute Gasteiger partial charge is 0.488 e. The minimum Gasteiger partial charge on any atom is -0.488 e. The van der Waals surface area contributed by atoms with Gasteiger partial charge in [0.2, 0.25) is 0 Å². The van der Waals surface area contributed by atoms with Crippen molar-refractivity contribution in [2.75, 3.05) is 38.3 Å². The number of halogens is 2. The first kappa shape index (κ1) is 27.3. The second kappa shape index (κ2) is 11.1. The van der Waals surface area contributed by atoms with Gasteiger partial charge in [0.15, 0.2) is 0 Å². The van der Waals surface area contributed by atoms with Crippen LogP contribution in [0.3, 0.4) is 0 Å². The summed E-state index contributed by atoms with van der Waals surface area (Å²) in [7, 11) is -2.65. The Balaban J connectivity index is 1.46. The van der Waals surface area contributed by atoms with Gasteiger partial charge in [-0.1, -0.05) is 6.92 Å². The zero-order valence-corrected chi connectivity index (χ0v) is 22.5. The van der Waals surface area contributed by atoms with Crippen LogP contribution in [-0.2, 0) is 14.9 Å². The van der Waals surface area contributed by atoms with E-state index < -0.39 is 34.1 Å². The molecular weight excluding hydrogens is 532 g/mol. The third-order valence-electron chi connectivity index (χ3n) is 6.99. The Labute approximate surface area is 225 Å². The van der Waals surface area contributed by atoms with Crippen LogP contribution in [0.15, 0.2) is 42.7 Å². The van der Waals surface area contributed by atoms with Crippen LogP contribution in [0.25, 0.3) is 5.65 Å². The molecule has 5 rings (SSSR count). The second-order valence-corrected chi connectivity index (χ2v) is 11.6. The van der Waals surface area contributed by atoms with Gasteiger partial charge < -0.3 is 14.4 Å².